The lowest BCUT2D eigenvalue weighted by molar-refractivity contribution is -0.137. The number of carboxylic acid groups (broad SMARTS) is 1. The minimum absolute atomic E-state index is 0.0871. The van der Waals surface area contributed by atoms with Crippen LogP contribution in [0, 0.1) is 0 Å². The van der Waals surface area contributed by atoms with Crippen molar-refractivity contribution in [3.05, 3.63) is 57.8 Å². The van der Waals surface area contributed by atoms with Gasteiger partial charge in [-0.2, -0.15) is 0 Å². The van der Waals surface area contributed by atoms with Crippen molar-refractivity contribution in [3.63, 3.8) is 0 Å². The Labute approximate surface area is 166 Å². The number of nitrogens with one attached hydrogen (secondary N) is 1. The average molecular weight is 391 g/mol. The van der Waals surface area contributed by atoms with Crippen molar-refractivity contribution < 1.29 is 14.7 Å². The minimum atomic E-state index is -0.915. The Morgan fingerprint density at radius 1 is 1.07 bits per heavy atom. The van der Waals surface area contributed by atoms with Crippen LogP contribution in [0.4, 0.5) is 0 Å². The number of rotatable bonds is 9. The Balaban J connectivity index is 0.00000176. The van der Waals surface area contributed by atoms with Gasteiger partial charge in [0.05, 0.1) is 17.3 Å². The number of amides is 1. The highest BCUT2D eigenvalue weighted by Crippen LogP contribution is 2.19. The van der Waals surface area contributed by atoms with Crippen LogP contribution in [-0.2, 0) is 17.6 Å². The molecule has 2 aromatic rings. The highest BCUT2D eigenvalue weighted by Gasteiger charge is 2.18. The second-order valence-corrected chi connectivity index (χ2v) is 7.45. The van der Waals surface area contributed by atoms with E-state index in [0.717, 1.165) is 17.7 Å². The molecule has 2 rings (SSSR count). The van der Waals surface area contributed by atoms with Crippen LogP contribution in [0.2, 0.25) is 0 Å². The van der Waals surface area contributed by atoms with Gasteiger partial charge in [-0.3, -0.25) is 9.59 Å². The van der Waals surface area contributed by atoms with Gasteiger partial charge in [0.15, 0.2) is 0 Å². The number of aliphatic carboxylic acids is 1. The molecule has 0 radical (unpaired) electrons. The van der Waals surface area contributed by atoms with Gasteiger partial charge in [-0.05, 0) is 44.6 Å². The molecule has 0 aliphatic heterocycles. The first-order valence-corrected chi connectivity index (χ1v) is 10.1. The molecule has 0 spiro atoms. The van der Waals surface area contributed by atoms with E-state index in [1.807, 2.05) is 63.2 Å². The van der Waals surface area contributed by atoms with Gasteiger partial charge in [0.1, 0.15) is 0 Å². The first-order valence-electron chi connectivity index (χ1n) is 9.24. The van der Waals surface area contributed by atoms with Crippen molar-refractivity contribution in [2.24, 2.45) is 0 Å². The van der Waals surface area contributed by atoms with Gasteiger partial charge in [0.25, 0.3) is 5.91 Å². The number of aryl methyl sites for hydroxylation is 2. The van der Waals surface area contributed by atoms with Crippen LogP contribution in [0.15, 0.2) is 42.5 Å². The maximum atomic E-state index is 12.4. The molecule has 0 aliphatic rings. The third kappa shape index (κ3) is 8.84. The molecule has 0 saturated carbocycles. The van der Waals surface area contributed by atoms with Crippen LogP contribution in [0.25, 0.3) is 0 Å². The number of hydrogen-bond donors (Lipinski definition) is 2. The second kappa shape index (κ2) is 12.3. The van der Waals surface area contributed by atoms with Gasteiger partial charge in [-0.25, -0.2) is 0 Å². The Hall–Kier alpha value is -2.18. The Morgan fingerprint density at radius 2 is 1.74 bits per heavy atom. The van der Waals surface area contributed by atoms with Crippen LogP contribution in [0.5, 0.6) is 0 Å². The largest absolute Gasteiger partial charge is 0.481 e. The number of carbonyl (C=O) groups excluding carboxylic acids is 1. The van der Waals surface area contributed by atoms with Crippen molar-refractivity contribution >= 4 is 23.2 Å². The predicted octanol–water partition coefficient (Wildman–Crippen LogP) is 3.69. The summed E-state index contributed by atoms with van der Waals surface area (Å²) in [5.41, 5.74) is 1.27. The van der Waals surface area contributed by atoms with Gasteiger partial charge in [0.2, 0.25) is 0 Å². The third-order valence-corrected chi connectivity index (χ3v) is 4.87. The zero-order valence-corrected chi connectivity index (χ0v) is 17.4. The highest BCUT2D eigenvalue weighted by molar-refractivity contribution is 7.14. The van der Waals surface area contributed by atoms with E-state index in [1.54, 1.807) is 0 Å². The van der Waals surface area contributed by atoms with Gasteiger partial charge >= 0.3 is 5.97 Å². The summed E-state index contributed by atoms with van der Waals surface area (Å²) in [6, 6.07) is 13.6. The van der Waals surface area contributed by atoms with Crippen molar-refractivity contribution in [3.8, 4) is 0 Å². The van der Waals surface area contributed by atoms with Crippen molar-refractivity contribution in [2.75, 3.05) is 20.6 Å². The molecule has 2 N–H and O–H groups in total. The summed E-state index contributed by atoms with van der Waals surface area (Å²) in [6.07, 6.45) is 1.74. The number of likely N-dealkylation sites (N-methyl/N-ethyl adjacent to an activating group) is 1. The molecule has 1 atom stereocenters. The molecule has 1 amide bonds. The van der Waals surface area contributed by atoms with E-state index in [0.29, 0.717) is 11.4 Å². The lowest BCUT2D eigenvalue weighted by Crippen LogP contribution is -2.42. The van der Waals surface area contributed by atoms with Crippen molar-refractivity contribution in [1.29, 1.82) is 0 Å². The molecule has 1 heterocycles. The highest BCUT2D eigenvalue weighted by atomic mass is 32.1. The van der Waals surface area contributed by atoms with Crippen molar-refractivity contribution in [2.45, 2.75) is 39.2 Å². The van der Waals surface area contributed by atoms with E-state index in [4.69, 9.17) is 5.11 Å². The van der Waals surface area contributed by atoms with Gasteiger partial charge in [-0.1, -0.05) is 44.2 Å². The predicted molar refractivity (Wildman–Crippen MR) is 112 cm³/mol. The average Bonchev–Trinajstić information content (AvgIpc) is 3.10. The van der Waals surface area contributed by atoms with Gasteiger partial charge in [0, 0.05) is 11.4 Å². The van der Waals surface area contributed by atoms with Crippen LogP contribution < -0.4 is 5.32 Å². The maximum Gasteiger partial charge on any atom is 0.305 e. The van der Waals surface area contributed by atoms with E-state index in [9.17, 15) is 9.59 Å². The van der Waals surface area contributed by atoms with E-state index >= 15 is 0 Å². The monoisotopic (exact) mass is 390 g/mol. The molecule has 0 fully saturated rings. The lowest BCUT2D eigenvalue weighted by atomic mass is 10.1. The van der Waals surface area contributed by atoms with Crippen LogP contribution in [0.1, 0.15) is 40.4 Å². The molecule has 1 unspecified atom stereocenters. The molecule has 27 heavy (non-hydrogen) atoms. The van der Waals surface area contributed by atoms with E-state index in [2.05, 4.69) is 17.4 Å². The van der Waals surface area contributed by atoms with E-state index in [-0.39, 0.29) is 12.3 Å². The number of carboxylic acids is 1. The first-order chi connectivity index (χ1) is 12.9. The SMILES string of the molecule is CC.CN(C)CC(CC(=O)O)NC(=O)c1ccc(CCc2ccccc2)s1. The van der Waals surface area contributed by atoms with Crippen molar-refractivity contribution in [1.82, 2.24) is 10.2 Å². The number of hydrogen-bond acceptors (Lipinski definition) is 4. The Morgan fingerprint density at radius 3 is 2.33 bits per heavy atom. The molecule has 5 nitrogen and oxygen atoms in total. The zero-order chi connectivity index (χ0) is 20.2. The smallest absolute Gasteiger partial charge is 0.305 e. The summed E-state index contributed by atoms with van der Waals surface area (Å²) >= 11 is 1.47. The summed E-state index contributed by atoms with van der Waals surface area (Å²) in [6.45, 7) is 4.49. The molecule has 0 saturated heterocycles. The van der Waals surface area contributed by atoms with Crippen LogP contribution in [0.3, 0.4) is 0 Å². The Bertz CT molecular complexity index is 698. The molecule has 0 bridgehead atoms. The van der Waals surface area contributed by atoms with E-state index < -0.39 is 12.0 Å². The standard InChI is InChI=1S/C19H24N2O3S.C2H6/c1-21(2)13-15(12-18(22)23)20-19(24)17-11-10-16(25-17)9-8-14-6-4-3-5-7-14;1-2/h3-7,10-11,15H,8-9,12-13H2,1-2H3,(H,20,24)(H,22,23);1-2H3. The molecular formula is C21H30N2O3S. The molecule has 0 aliphatic carbocycles. The Kier molecular flexibility index (Phi) is 10.4. The lowest BCUT2D eigenvalue weighted by Gasteiger charge is -2.20. The topological polar surface area (TPSA) is 69.6 Å². The normalized spacial score (nSPS) is 11.4. The third-order valence-electron chi connectivity index (χ3n) is 3.73. The zero-order valence-electron chi connectivity index (χ0n) is 16.6. The first kappa shape index (κ1) is 22.9. The number of nitrogens with zero attached hydrogens (tertiary/aromatic N) is 1. The fraction of sp³-hybridized carbons (Fsp3) is 0.429. The van der Waals surface area contributed by atoms with E-state index in [1.165, 1.54) is 16.9 Å². The molecular weight excluding hydrogens is 360 g/mol. The summed E-state index contributed by atoms with van der Waals surface area (Å²) in [5, 5.41) is 11.8. The summed E-state index contributed by atoms with van der Waals surface area (Å²) < 4.78 is 0. The quantitative estimate of drug-likeness (QED) is 0.685. The van der Waals surface area contributed by atoms with Gasteiger partial charge < -0.3 is 15.3 Å². The minimum Gasteiger partial charge on any atom is -0.481 e. The molecule has 6 heteroatoms. The fourth-order valence-corrected chi connectivity index (χ4v) is 3.53. The second-order valence-electron chi connectivity index (χ2n) is 6.28. The van der Waals surface area contributed by atoms with Crippen LogP contribution in [-0.4, -0.2) is 48.6 Å². The molecule has 1 aromatic heterocycles. The maximum absolute atomic E-state index is 12.4. The summed E-state index contributed by atoms with van der Waals surface area (Å²) in [7, 11) is 3.71. The molecule has 1 aromatic carbocycles. The van der Waals surface area contributed by atoms with Gasteiger partial charge in [-0.15, -0.1) is 11.3 Å². The number of carbonyl (C=O) groups is 2. The fourth-order valence-electron chi connectivity index (χ4n) is 2.62. The number of thiophene rings is 1. The summed E-state index contributed by atoms with van der Waals surface area (Å²) in [4.78, 5) is 27.0. The number of benzene rings is 1. The summed E-state index contributed by atoms with van der Waals surface area (Å²) in [5.74, 6) is -1.12. The van der Waals surface area contributed by atoms with Crippen LogP contribution >= 0.6 is 11.3 Å². The molecule has 148 valence electrons.